The molecule has 0 heteroatoms. The zero-order valence-electron chi connectivity index (χ0n) is 17.4. The summed E-state index contributed by atoms with van der Waals surface area (Å²) in [7, 11) is 0. The second-order valence-corrected chi connectivity index (χ2v) is 8.04. The lowest BCUT2D eigenvalue weighted by atomic mass is 9.90. The second-order valence-electron chi connectivity index (χ2n) is 8.04. The Bertz CT molecular complexity index is 208. The first-order valence-electron chi connectivity index (χ1n) is 11.6. The van der Waals surface area contributed by atoms with Crippen LogP contribution in [0.1, 0.15) is 142 Å². The van der Waals surface area contributed by atoms with Gasteiger partial charge in [-0.2, -0.15) is 0 Å². The third kappa shape index (κ3) is 18.3. The smallest absolute Gasteiger partial charge is 0.0414 e. The van der Waals surface area contributed by atoms with Gasteiger partial charge in [-0.3, -0.25) is 0 Å². The molecule has 0 bridgehead atoms. The van der Waals surface area contributed by atoms with Gasteiger partial charge in [-0.1, -0.05) is 149 Å². The summed E-state index contributed by atoms with van der Waals surface area (Å²) in [6, 6.07) is 0. The number of rotatable bonds is 20. The van der Waals surface area contributed by atoms with E-state index < -0.39 is 0 Å². The topological polar surface area (TPSA) is 0 Å². The fourth-order valence-electron chi connectivity index (χ4n) is 3.81. The molecular formula is C24H49. The van der Waals surface area contributed by atoms with Gasteiger partial charge < -0.3 is 0 Å². The van der Waals surface area contributed by atoms with Gasteiger partial charge in [-0.15, -0.1) is 0 Å². The van der Waals surface area contributed by atoms with E-state index in [4.69, 9.17) is 0 Å². The Hall–Kier alpha value is 0. The SMILES string of the molecule is [CH2]CCCCC(CCCC)CCCCCCCCCCCCCC. The average molecular weight is 338 g/mol. The van der Waals surface area contributed by atoms with Crippen molar-refractivity contribution in [3.63, 3.8) is 0 Å². The van der Waals surface area contributed by atoms with Gasteiger partial charge >= 0.3 is 0 Å². The molecule has 0 aliphatic carbocycles. The highest BCUT2D eigenvalue weighted by Crippen LogP contribution is 2.23. The van der Waals surface area contributed by atoms with Crippen molar-refractivity contribution in [2.45, 2.75) is 142 Å². The van der Waals surface area contributed by atoms with E-state index in [-0.39, 0.29) is 0 Å². The molecule has 145 valence electrons. The summed E-state index contributed by atoms with van der Waals surface area (Å²) in [5.41, 5.74) is 0. The molecule has 0 aromatic carbocycles. The molecule has 0 amide bonds. The highest BCUT2D eigenvalue weighted by atomic mass is 14.1. The first kappa shape index (κ1) is 24.0. The van der Waals surface area contributed by atoms with E-state index >= 15 is 0 Å². The van der Waals surface area contributed by atoms with Crippen LogP contribution in [-0.2, 0) is 0 Å². The Morgan fingerprint density at radius 2 is 0.833 bits per heavy atom. The molecule has 0 saturated heterocycles. The summed E-state index contributed by atoms with van der Waals surface area (Å²) < 4.78 is 0. The van der Waals surface area contributed by atoms with Crippen LogP contribution in [0.25, 0.3) is 0 Å². The maximum Gasteiger partial charge on any atom is -0.0414 e. The lowest BCUT2D eigenvalue weighted by Gasteiger charge is -2.16. The summed E-state index contributed by atoms with van der Waals surface area (Å²) in [6.45, 7) is 8.61. The third-order valence-corrected chi connectivity index (χ3v) is 5.54. The molecule has 0 spiro atoms. The molecule has 0 aromatic rings. The van der Waals surface area contributed by atoms with Crippen molar-refractivity contribution in [3.05, 3.63) is 6.92 Å². The summed E-state index contributed by atoms with van der Waals surface area (Å²) in [5, 5.41) is 0. The van der Waals surface area contributed by atoms with Gasteiger partial charge in [-0.05, 0) is 5.92 Å². The van der Waals surface area contributed by atoms with Gasteiger partial charge in [0, 0.05) is 0 Å². The van der Waals surface area contributed by atoms with Crippen molar-refractivity contribution in [1.82, 2.24) is 0 Å². The minimum atomic E-state index is 1.01. The Morgan fingerprint density at radius 3 is 1.29 bits per heavy atom. The van der Waals surface area contributed by atoms with E-state index in [1.807, 2.05) is 0 Å². The maximum absolute atomic E-state index is 3.98. The van der Waals surface area contributed by atoms with Crippen LogP contribution in [-0.4, -0.2) is 0 Å². The van der Waals surface area contributed by atoms with E-state index in [1.165, 1.54) is 122 Å². The van der Waals surface area contributed by atoms with Crippen molar-refractivity contribution < 1.29 is 0 Å². The van der Waals surface area contributed by atoms with E-state index in [0.717, 1.165) is 12.3 Å². The quantitative estimate of drug-likeness (QED) is 0.194. The monoisotopic (exact) mass is 337 g/mol. The third-order valence-electron chi connectivity index (χ3n) is 5.54. The van der Waals surface area contributed by atoms with Crippen LogP contribution >= 0.6 is 0 Å². The second kappa shape index (κ2) is 21.0. The van der Waals surface area contributed by atoms with Crippen LogP contribution < -0.4 is 0 Å². The number of hydrogen-bond donors (Lipinski definition) is 0. The Balaban J connectivity index is 3.37. The maximum atomic E-state index is 3.98. The van der Waals surface area contributed by atoms with Gasteiger partial charge in [0.05, 0.1) is 0 Å². The van der Waals surface area contributed by atoms with Crippen molar-refractivity contribution in [2.75, 3.05) is 0 Å². The molecule has 1 unspecified atom stereocenters. The Labute approximate surface area is 155 Å². The molecular weight excluding hydrogens is 288 g/mol. The first-order valence-corrected chi connectivity index (χ1v) is 11.6. The summed E-state index contributed by atoms with van der Waals surface area (Å²) in [6.07, 6.45) is 28.7. The minimum absolute atomic E-state index is 1.01. The van der Waals surface area contributed by atoms with Crippen LogP contribution in [0.2, 0.25) is 0 Å². The van der Waals surface area contributed by atoms with E-state index in [0.29, 0.717) is 0 Å². The normalized spacial score (nSPS) is 12.6. The summed E-state index contributed by atoms with van der Waals surface area (Å²) >= 11 is 0. The first-order chi connectivity index (χ1) is 11.8. The predicted molar refractivity (Wildman–Crippen MR) is 113 cm³/mol. The largest absolute Gasteiger partial charge is 0.0654 e. The lowest BCUT2D eigenvalue weighted by molar-refractivity contribution is 0.374. The fraction of sp³-hybridized carbons (Fsp3) is 0.958. The van der Waals surface area contributed by atoms with E-state index in [1.54, 1.807) is 0 Å². The Morgan fingerprint density at radius 1 is 0.458 bits per heavy atom. The van der Waals surface area contributed by atoms with Crippen LogP contribution in [0.3, 0.4) is 0 Å². The molecule has 0 nitrogen and oxygen atoms in total. The molecule has 0 aromatic heterocycles. The van der Waals surface area contributed by atoms with Gasteiger partial charge in [0.2, 0.25) is 0 Å². The molecule has 0 saturated carbocycles. The number of hydrogen-bond acceptors (Lipinski definition) is 0. The van der Waals surface area contributed by atoms with Gasteiger partial charge in [-0.25, -0.2) is 0 Å². The zero-order valence-corrected chi connectivity index (χ0v) is 17.4. The van der Waals surface area contributed by atoms with Crippen molar-refractivity contribution in [3.8, 4) is 0 Å². The highest BCUT2D eigenvalue weighted by molar-refractivity contribution is 4.61. The summed E-state index contributed by atoms with van der Waals surface area (Å²) in [5.74, 6) is 1.01. The lowest BCUT2D eigenvalue weighted by Crippen LogP contribution is -2.01. The van der Waals surface area contributed by atoms with Gasteiger partial charge in [0.1, 0.15) is 0 Å². The standard InChI is InChI=1S/C24H49/c1-4-7-10-11-12-13-14-15-16-17-18-20-23-24(21-9-6-3)22-19-8-5-2/h24H,2,4-23H2,1,3H3. The van der Waals surface area contributed by atoms with Crippen molar-refractivity contribution in [2.24, 2.45) is 5.92 Å². The van der Waals surface area contributed by atoms with Crippen LogP contribution in [0.15, 0.2) is 0 Å². The molecule has 0 N–H and O–H groups in total. The molecule has 1 atom stereocenters. The van der Waals surface area contributed by atoms with Crippen molar-refractivity contribution >= 4 is 0 Å². The summed E-state index contributed by atoms with van der Waals surface area (Å²) in [4.78, 5) is 0. The fourth-order valence-corrected chi connectivity index (χ4v) is 3.81. The van der Waals surface area contributed by atoms with E-state index in [9.17, 15) is 0 Å². The molecule has 0 aliphatic rings. The number of unbranched alkanes of at least 4 members (excludes halogenated alkanes) is 14. The molecule has 0 aliphatic heterocycles. The molecule has 0 heterocycles. The Kier molecular flexibility index (Phi) is 21.0. The zero-order chi connectivity index (χ0) is 17.7. The average Bonchev–Trinajstić information content (AvgIpc) is 2.60. The predicted octanol–water partition coefficient (Wildman–Crippen LogP) is 9.28. The van der Waals surface area contributed by atoms with Gasteiger partial charge in [0.25, 0.3) is 0 Å². The van der Waals surface area contributed by atoms with Crippen molar-refractivity contribution in [1.29, 1.82) is 0 Å². The molecule has 1 radical (unpaired) electrons. The van der Waals surface area contributed by atoms with Crippen LogP contribution in [0, 0.1) is 12.8 Å². The van der Waals surface area contributed by atoms with Crippen LogP contribution in [0.4, 0.5) is 0 Å². The van der Waals surface area contributed by atoms with Crippen LogP contribution in [0.5, 0.6) is 0 Å². The molecule has 0 rings (SSSR count). The molecule has 24 heavy (non-hydrogen) atoms. The molecule has 0 fully saturated rings. The highest BCUT2D eigenvalue weighted by Gasteiger charge is 2.07. The van der Waals surface area contributed by atoms with Gasteiger partial charge in [0.15, 0.2) is 0 Å². The minimum Gasteiger partial charge on any atom is -0.0654 e. The van der Waals surface area contributed by atoms with E-state index in [2.05, 4.69) is 20.8 Å².